The third-order valence-electron chi connectivity index (χ3n) is 4.43. The second-order valence-corrected chi connectivity index (χ2v) is 7.94. The van der Waals surface area contributed by atoms with Gasteiger partial charge in [-0.15, -0.1) is 11.8 Å². The van der Waals surface area contributed by atoms with Crippen molar-refractivity contribution in [1.29, 1.82) is 0 Å². The van der Waals surface area contributed by atoms with Crippen molar-refractivity contribution in [2.24, 2.45) is 0 Å². The number of carboxylic acid groups (broad SMARTS) is 1. The minimum absolute atomic E-state index is 0.230. The van der Waals surface area contributed by atoms with Crippen LogP contribution in [0.2, 0.25) is 0 Å². The highest BCUT2D eigenvalue weighted by molar-refractivity contribution is 7.99. The van der Waals surface area contributed by atoms with Crippen molar-refractivity contribution in [1.82, 2.24) is 4.57 Å². The van der Waals surface area contributed by atoms with Crippen molar-refractivity contribution in [3.05, 3.63) is 30.5 Å². The Morgan fingerprint density at radius 3 is 2.23 bits per heavy atom. The van der Waals surface area contributed by atoms with Crippen molar-refractivity contribution < 1.29 is 43.2 Å². The van der Waals surface area contributed by atoms with Gasteiger partial charge in [0.25, 0.3) is 0 Å². The topological polar surface area (TPSA) is 130 Å². The second-order valence-electron chi connectivity index (χ2n) is 6.80. The molecule has 4 atom stereocenters. The first-order valence-electron chi connectivity index (χ1n) is 9.30. The Morgan fingerprint density at radius 1 is 0.968 bits per heavy atom. The van der Waals surface area contributed by atoms with Crippen LogP contribution in [-0.4, -0.2) is 63.2 Å². The van der Waals surface area contributed by atoms with Crippen LogP contribution in [0.1, 0.15) is 20.8 Å². The van der Waals surface area contributed by atoms with Gasteiger partial charge in [-0.2, -0.15) is 0 Å². The summed E-state index contributed by atoms with van der Waals surface area (Å²) in [5.74, 6) is -1.27. The normalized spacial score (nSPS) is 23.1. The van der Waals surface area contributed by atoms with Crippen molar-refractivity contribution in [3.8, 4) is 5.75 Å². The molecule has 31 heavy (non-hydrogen) atoms. The third kappa shape index (κ3) is 5.29. The van der Waals surface area contributed by atoms with E-state index < -0.39 is 47.7 Å². The van der Waals surface area contributed by atoms with Gasteiger partial charge in [0.2, 0.25) is 0 Å². The number of nitrogens with zero attached hydrogens (tertiary/aromatic N) is 1. The van der Waals surface area contributed by atoms with Crippen LogP contribution in [0.3, 0.4) is 0 Å². The van der Waals surface area contributed by atoms with E-state index in [1.54, 1.807) is 24.3 Å². The van der Waals surface area contributed by atoms with E-state index in [9.17, 15) is 24.3 Å². The van der Waals surface area contributed by atoms with Gasteiger partial charge in [0.05, 0.1) is 5.52 Å². The average Bonchev–Trinajstić information content (AvgIpc) is 3.08. The molecule has 2 heterocycles. The largest absolute Gasteiger partial charge is 0.476 e. The summed E-state index contributed by atoms with van der Waals surface area (Å²) in [5.41, 5.74) is -0.380. The number of hydrogen-bond donors (Lipinski definition) is 1. The zero-order valence-electron chi connectivity index (χ0n) is 17.0. The predicted octanol–water partition coefficient (Wildman–Crippen LogP) is 2.41. The van der Waals surface area contributed by atoms with Gasteiger partial charge in [0.1, 0.15) is 5.75 Å². The van der Waals surface area contributed by atoms with E-state index in [4.69, 9.17) is 18.9 Å². The Morgan fingerprint density at radius 2 is 1.61 bits per heavy atom. The summed E-state index contributed by atoms with van der Waals surface area (Å²) in [6.07, 6.45) is -2.68. The maximum atomic E-state index is 11.7. The molecule has 166 valence electrons. The standard InChI is InChI=1S/C20H21NO9S/c1-10(22)27-16-9-31-19(18(29-12(3)24)17(16)28-11(2)23)30-14-5-4-13-6-7-21(20(25)26)15(13)8-14/h4-8,16-19H,9H2,1-3H3,(H,25,26)/t16-,17+,18-,19+/m1/s1. The first-order chi connectivity index (χ1) is 14.7. The number of benzene rings is 1. The molecule has 1 N–H and O–H groups in total. The lowest BCUT2D eigenvalue weighted by molar-refractivity contribution is -0.186. The molecule has 1 aromatic heterocycles. The predicted molar refractivity (Wildman–Crippen MR) is 109 cm³/mol. The Balaban J connectivity index is 1.91. The molecule has 2 aromatic rings. The zero-order chi connectivity index (χ0) is 22.7. The van der Waals surface area contributed by atoms with E-state index in [1.165, 1.54) is 38.7 Å². The van der Waals surface area contributed by atoms with Gasteiger partial charge < -0.3 is 24.1 Å². The summed E-state index contributed by atoms with van der Waals surface area (Å²) in [4.78, 5) is 46.2. The second kappa shape index (κ2) is 9.29. The van der Waals surface area contributed by atoms with Crippen LogP contribution in [-0.2, 0) is 28.6 Å². The molecule has 0 saturated carbocycles. The lowest BCUT2D eigenvalue weighted by Crippen LogP contribution is -2.55. The van der Waals surface area contributed by atoms with E-state index >= 15 is 0 Å². The van der Waals surface area contributed by atoms with Gasteiger partial charge in [-0.25, -0.2) is 4.79 Å². The number of carbonyl (C=O) groups is 4. The maximum Gasteiger partial charge on any atom is 0.416 e. The zero-order valence-corrected chi connectivity index (χ0v) is 17.8. The van der Waals surface area contributed by atoms with Gasteiger partial charge in [0, 0.05) is 44.2 Å². The summed E-state index contributed by atoms with van der Waals surface area (Å²) >= 11 is 1.22. The van der Waals surface area contributed by atoms with Crippen LogP contribution in [0.4, 0.5) is 4.79 Å². The Hall–Kier alpha value is -3.21. The maximum absolute atomic E-state index is 11.7. The van der Waals surface area contributed by atoms with E-state index in [1.807, 2.05) is 0 Å². The Kier molecular flexibility index (Phi) is 6.74. The number of ether oxygens (including phenoxy) is 4. The van der Waals surface area contributed by atoms with Crippen LogP contribution in [0.5, 0.6) is 5.75 Å². The van der Waals surface area contributed by atoms with Crippen LogP contribution in [0.15, 0.2) is 30.5 Å². The summed E-state index contributed by atoms with van der Waals surface area (Å²) < 4.78 is 23.0. The molecule has 1 aliphatic rings. The molecular weight excluding hydrogens is 430 g/mol. The molecule has 0 aliphatic carbocycles. The van der Waals surface area contributed by atoms with Crippen molar-refractivity contribution in [2.45, 2.75) is 44.5 Å². The minimum Gasteiger partial charge on any atom is -0.476 e. The van der Waals surface area contributed by atoms with E-state index in [2.05, 4.69) is 0 Å². The molecule has 1 fully saturated rings. The fraction of sp³-hybridized carbons (Fsp3) is 0.400. The van der Waals surface area contributed by atoms with Gasteiger partial charge in [-0.1, -0.05) is 0 Å². The van der Waals surface area contributed by atoms with Gasteiger partial charge in [-0.3, -0.25) is 19.0 Å². The Bertz CT molecular complexity index is 1020. The van der Waals surface area contributed by atoms with Gasteiger partial charge >= 0.3 is 24.0 Å². The number of carbonyl (C=O) groups excluding carboxylic acids is 3. The fourth-order valence-electron chi connectivity index (χ4n) is 3.29. The van der Waals surface area contributed by atoms with Gasteiger partial charge in [0.15, 0.2) is 23.7 Å². The van der Waals surface area contributed by atoms with Crippen LogP contribution >= 0.6 is 11.8 Å². The molecule has 1 aliphatic heterocycles. The highest BCUT2D eigenvalue weighted by Gasteiger charge is 2.47. The lowest BCUT2D eigenvalue weighted by atomic mass is 10.1. The highest BCUT2D eigenvalue weighted by atomic mass is 32.2. The van der Waals surface area contributed by atoms with E-state index in [0.717, 1.165) is 4.57 Å². The molecule has 1 saturated heterocycles. The number of esters is 3. The lowest BCUT2D eigenvalue weighted by Gasteiger charge is -2.39. The highest BCUT2D eigenvalue weighted by Crippen LogP contribution is 2.35. The molecule has 0 spiro atoms. The van der Waals surface area contributed by atoms with Crippen molar-refractivity contribution in [3.63, 3.8) is 0 Å². The third-order valence-corrected chi connectivity index (χ3v) is 5.64. The first kappa shape index (κ1) is 22.5. The van der Waals surface area contributed by atoms with Crippen LogP contribution in [0.25, 0.3) is 10.9 Å². The summed E-state index contributed by atoms with van der Waals surface area (Å²) in [6, 6.07) is 6.56. The van der Waals surface area contributed by atoms with Gasteiger partial charge in [-0.05, 0) is 18.2 Å². The Labute approximate surface area is 181 Å². The van der Waals surface area contributed by atoms with E-state index in [0.29, 0.717) is 16.7 Å². The SMILES string of the molecule is CC(=O)O[C@@H]1[C@@H](OC(C)=O)[C@@H](Oc2ccc3ccn(C(=O)O)c3c2)SC[C@H]1OC(C)=O. The average molecular weight is 451 g/mol. The number of hydrogen-bond acceptors (Lipinski definition) is 9. The minimum atomic E-state index is -1.14. The molecule has 0 radical (unpaired) electrons. The fourth-order valence-corrected chi connectivity index (χ4v) is 4.51. The quantitative estimate of drug-likeness (QED) is 0.534. The summed E-state index contributed by atoms with van der Waals surface area (Å²) in [7, 11) is 0. The summed E-state index contributed by atoms with van der Waals surface area (Å²) in [5, 5.41) is 10.0. The van der Waals surface area contributed by atoms with Crippen LogP contribution < -0.4 is 4.74 Å². The molecule has 0 unspecified atom stereocenters. The number of aromatic nitrogens is 1. The monoisotopic (exact) mass is 451 g/mol. The smallest absolute Gasteiger partial charge is 0.416 e. The van der Waals surface area contributed by atoms with E-state index in [-0.39, 0.29) is 5.75 Å². The summed E-state index contributed by atoms with van der Waals surface area (Å²) in [6.45, 7) is 3.63. The number of fused-ring (bicyclic) bond motifs is 1. The molecule has 1 aromatic carbocycles. The van der Waals surface area contributed by atoms with Crippen LogP contribution in [0, 0.1) is 0 Å². The van der Waals surface area contributed by atoms with Crippen molar-refractivity contribution in [2.75, 3.05) is 5.75 Å². The molecule has 3 rings (SSSR count). The first-order valence-corrected chi connectivity index (χ1v) is 10.3. The number of rotatable bonds is 5. The number of thioether (sulfide) groups is 1. The molecule has 0 amide bonds. The molecule has 0 bridgehead atoms. The van der Waals surface area contributed by atoms with Crippen molar-refractivity contribution >= 4 is 46.7 Å². The molecule has 11 heteroatoms. The molecular formula is C20H21NO9S. The molecule has 10 nitrogen and oxygen atoms in total.